The fourth-order valence-corrected chi connectivity index (χ4v) is 9.98. The van der Waals surface area contributed by atoms with Gasteiger partial charge < -0.3 is 45.1 Å². The van der Waals surface area contributed by atoms with Crippen molar-refractivity contribution in [1.82, 2.24) is 5.32 Å². The summed E-state index contributed by atoms with van der Waals surface area (Å²) in [5, 5.41) is 54.4. The Labute approximate surface area is 472 Å². The zero-order valence-corrected chi connectivity index (χ0v) is 49.7. The Morgan fingerprint density at radius 2 is 0.883 bits per heavy atom. The molecule has 7 atom stereocenters. The van der Waals surface area contributed by atoms with Crippen LogP contribution in [-0.4, -0.2) is 100 Å². The minimum Gasteiger partial charge on any atom is -0.466 e. The number of rotatable bonds is 56. The van der Waals surface area contributed by atoms with E-state index >= 15 is 0 Å². The predicted octanol–water partition coefficient (Wildman–Crippen LogP) is 15.6. The Kier molecular flexibility index (Phi) is 52.4. The number of hydrogen-bond acceptors (Lipinski definition) is 10. The molecule has 0 aliphatic carbocycles. The van der Waals surface area contributed by atoms with Crippen molar-refractivity contribution < 1.29 is 49.3 Å². The number of aliphatic hydroxyl groups is 5. The van der Waals surface area contributed by atoms with Gasteiger partial charge in [-0.25, -0.2) is 0 Å². The van der Waals surface area contributed by atoms with Crippen LogP contribution >= 0.6 is 0 Å². The number of allylic oxidation sites excluding steroid dienone is 7. The van der Waals surface area contributed by atoms with E-state index in [1.54, 1.807) is 6.08 Å². The molecule has 0 radical (unpaired) electrons. The van der Waals surface area contributed by atoms with Crippen LogP contribution in [0.5, 0.6) is 0 Å². The molecule has 77 heavy (non-hydrogen) atoms. The molecule has 1 fully saturated rings. The van der Waals surface area contributed by atoms with Gasteiger partial charge >= 0.3 is 5.97 Å². The average molecular weight is 1090 g/mol. The lowest BCUT2D eigenvalue weighted by Crippen LogP contribution is -2.60. The van der Waals surface area contributed by atoms with Crippen LogP contribution < -0.4 is 5.32 Å². The summed E-state index contributed by atoms with van der Waals surface area (Å²) in [5.41, 5.74) is 0. The summed E-state index contributed by atoms with van der Waals surface area (Å²) in [6.45, 7) is 4.30. The third kappa shape index (κ3) is 45.0. The summed E-state index contributed by atoms with van der Waals surface area (Å²) in [7, 11) is 0. The summed E-state index contributed by atoms with van der Waals surface area (Å²) in [4.78, 5) is 25.0. The number of nitrogens with one attached hydrogen (secondary N) is 1. The largest absolute Gasteiger partial charge is 0.466 e. The number of amides is 1. The van der Waals surface area contributed by atoms with Crippen molar-refractivity contribution in [3.63, 3.8) is 0 Å². The van der Waals surface area contributed by atoms with Crippen molar-refractivity contribution in [2.75, 3.05) is 19.8 Å². The van der Waals surface area contributed by atoms with E-state index in [1.165, 1.54) is 199 Å². The molecule has 6 N–H and O–H groups in total. The number of aliphatic hydroxyl groups excluding tert-OH is 5. The van der Waals surface area contributed by atoms with Gasteiger partial charge in [-0.2, -0.15) is 0 Å². The van der Waals surface area contributed by atoms with Gasteiger partial charge in [-0.05, 0) is 83.5 Å². The minimum atomic E-state index is -1.57. The molecule has 11 nitrogen and oxygen atoms in total. The standard InChI is InChI=1S/C66H121NO10/c1-3-5-7-9-11-13-32-36-40-44-48-52-59(69)58(57-76-66-65(74)64(73)63(72)60(56-68)77-66)67-61(70)53-49-45-41-37-34-30-28-26-24-22-20-18-16-15-17-19-21-23-25-27-29-31-35-39-43-47-51-55-75-62(71)54-50-46-42-38-33-14-12-10-8-6-4-2/h10,12,15-16,19,21,48,52,58-60,63-66,68-69,72-74H,3-9,11,13-14,17-18,20,22-47,49-51,53-57H2,1-2H3,(H,67,70)/b12-10-,16-15-,21-19-,52-48+. The molecule has 0 bridgehead atoms. The van der Waals surface area contributed by atoms with Gasteiger partial charge in [-0.15, -0.1) is 0 Å². The van der Waals surface area contributed by atoms with E-state index in [-0.39, 0.29) is 18.5 Å². The molecule has 0 aromatic carbocycles. The predicted molar refractivity (Wildman–Crippen MR) is 320 cm³/mol. The molecule has 1 saturated heterocycles. The van der Waals surface area contributed by atoms with Gasteiger partial charge in [-0.1, -0.05) is 249 Å². The van der Waals surface area contributed by atoms with Crippen LogP contribution in [0.4, 0.5) is 0 Å². The van der Waals surface area contributed by atoms with Gasteiger partial charge in [-0.3, -0.25) is 9.59 Å². The molecule has 0 spiro atoms. The highest BCUT2D eigenvalue weighted by molar-refractivity contribution is 5.76. The van der Waals surface area contributed by atoms with Crippen molar-refractivity contribution in [2.45, 2.75) is 339 Å². The van der Waals surface area contributed by atoms with Crippen LogP contribution in [0.25, 0.3) is 0 Å². The molecule has 0 aromatic heterocycles. The van der Waals surface area contributed by atoms with Crippen LogP contribution in [0.15, 0.2) is 48.6 Å². The SMILES string of the molecule is CCCC/C=C\CCCCCCCC(=O)OCCCCCCCCCCC/C=C\C/C=C\CCCCCCCCCCCCCC(=O)NC(COC1OC(CO)C(O)C(O)C1O)C(O)/C=C/CCCCCCCCCCC. The number of carbonyl (C=O) groups is 2. The quantitative estimate of drug-likeness (QED) is 0.0195. The van der Waals surface area contributed by atoms with E-state index in [9.17, 15) is 35.1 Å². The van der Waals surface area contributed by atoms with Crippen molar-refractivity contribution in [2.24, 2.45) is 0 Å². The first kappa shape index (κ1) is 72.6. The van der Waals surface area contributed by atoms with Gasteiger partial charge in [0.2, 0.25) is 5.91 Å². The van der Waals surface area contributed by atoms with Crippen LogP contribution in [0.3, 0.4) is 0 Å². The Morgan fingerprint density at radius 3 is 1.36 bits per heavy atom. The van der Waals surface area contributed by atoms with Crippen LogP contribution in [0.2, 0.25) is 0 Å². The second-order valence-corrected chi connectivity index (χ2v) is 22.5. The molecule has 1 heterocycles. The minimum absolute atomic E-state index is 0.0104. The molecule has 1 rings (SSSR count). The fraction of sp³-hybridized carbons (Fsp3) is 0.848. The van der Waals surface area contributed by atoms with Crippen molar-refractivity contribution in [1.29, 1.82) is 0 Å². The average Bonchev–Trinajstić information content (AvgIpc) is 3.43. The molecule has 1 aliphatic rings. The maximum atomic E-state index is 13.0. The Hall–Kier alpha value is -2.38. The van der Waals surface area contributed by atoms with E-state index < -0.39 is 49.5 Å². The number of hydrogen-bond donors (Lipinski definition) is 6. The van der Waals surface area contributed by atoms with E-state index in [0.29, 0.717) is 19.4 Å². The van der Waals surface area contributed by atoms with Crippen molar-refractivity contribution in [3.8, 4) is 0 Å². The third-order valence-corrected chi connectivity index (χ3v) is 15.2. The highest BCUT2D eigenvalue weighted by Crippen LogP contribution is 2.23. The maximum absolute atomic E-state index is 13.0. The summed E-state index contributed by atoms with van der Waals surface area (Å²) in [6, 6.07) is -0.812. The molecule has 1 amide bonds. The van der Waals surface area contributed by atoms with E-state index in [4.69, 9.17) is 14.2 Å². The van der Waals surface area contributed by atoms with Gasteiger partial charge in [0, 0.05) is 12.8 Å². The Balaban J connectivity index is 2.02. The third-order valence-electron chi connectivity index (χ3n) is 15.2. The van der Waals surface area contributed by atoms with Crippen LogP contribution in [0.1, 0.15) is 296 Å². The number of ether oxygens (including phenoxy) is 3. The first-order valence-electron chi connectivity index (χ1n) is 32.4. The molecular formula is C66H121NO10. The van der Waals surface area contributed by atoms with Crippen LogP contribution in [-0.2, 0) is 23.8 Å². The van der Waals surface area contributed by atoms with Gasteiger partial charge in [0.15, 0.2) is 6.29 Å². The zero-order chi connectivity index (χ0) is 55.9. The second kappa shape index (κ2) is 55.5. The number of esters is 1. The van der Waals surface area contributed by atoms with E-state index in [2.05, 4.69) is 55.6 Å². The molecule has 0 saturated carbocycles. The zero-order valence-electron chi connectivity index (χ0n) is 49.7. The van der Waals surface area contributed by atoms with Gasteiger partial charge in [0.05, 0.1) is 32.0 Å². The summed E-state index contributed by atoms with van der Waals surface area (Å²) < 4.78 is 16.7. The van der Waals surface area contributed by atoms with Crippen LogP contribution in [0, 0.1) is 0 Å². The molecular weight excluding hydrogens is 967 g/mol. The van der Waals surface area contributed by atoms with Crippen molar-refractivity contribution >= 4 is 11.9 Å². The van der Waals surface area contributed by atoms with E-state index in [1.807, 2.05) is 6.08 Å². The smallest absolute Gasteiger partial charge is 0.305 e. The molecule has 7 unspecified atom stereocenters. The second-order valence-electron chi connectivity index (χ2n) is 22.5. The Bertz CT molecular complexity index is 1420. The lowest BCUT2D eigenvalue weighted by Gasteiger charge is -2.40. The molecule has 0 aromatic rings. The number of carbonyl (C=O) groups excluding carboxylic acids is 2. The van der Waals surface area contributed by atoms with Gasteiger partial charge in [0.25, 0.3) is 0 Å². The van der Waals surface area contributed by atoms with E-state index in [0.717, 1.165) is 70.6 Å². The Morgan fingerprint density at radius 1 is 0.481 bits per heavy atom. The highest BCUT2D eigenvalue weighted by atomic mass is 16.7. The summed E-state index contributed by atoms with van der Waals surface area (Å²) >= 11 is 0. The highest BCUT2D eigenvalue weighted by Gasteiger charge is 2.44. The first-order valence-corrected chi connectivity index (χ1v) is 32.4. The lowest BCUT2D eigenvalue weighted by molar-refractivity contribution is -0.302. The normalized spacial score (nSPS) is 18.9. The first-order chi connectivity index (χ1) is 37.7. The summed E-state index contributed by atoms with van der Waals surface area (Å²) in [5.74, 6) is -0.196. The molecule has 1 aliphatic heterocycles. The fourth-order valence-electron chi connectivity index (χ4n) is 9.98. The molecule has 11 heteroatoms. The lowest BCUT2D eigenvalue weighted by atomic mass is 9.99. The monoisotopic (exact) mass is 1090 g/mol. The molecule has 450 valence electrons. The topological polar surface area (TPSA) is 175 Å². The van der Waals surface area contributed by atoms with Gasteiger partial charge in [0.1, 0.15) is 24.4 Å². The van der Waals surface area contributed by atoms with Crippen molar-refractivity contribution in [3.05, 3.63) is 48.6 Å². The number of unbranched alkanes of at least 4 members (excludes halogenated alkanes) is 36. The summed E-state index contributed by atoms with van der Waals surface area (Å²) in [6.07, 6.45) is 60.8. The maximum Gasteiger partial charge on any atom is 0.305 e.